The highest BCUT2D eigenvalue weighted by Crippen LogP contribution is 2.13. The van der Waals surface area contributed by atoms with Gasteiger partial charge in [-0.3, -0.25) is 19.5 Å². The highest BCUT2D eigenvalue weighted by molar-refractivity contribution is 5.94. The second kappa shape index (κ2) is 11.1. The SMILES string of the molecule is CC(=O)CC(=O)OCCN(C)C/C(C)=C/c1ccc(Cc2cccnc2)cc1. The molecule has 1 aromatic heterocycles. The van der Waals surface area contributed by atoms with Crippen molar-refractivity contribution in [2.45, 2.75) is 26.7 Å². The summed E-state index contributed by atoms with van der Waals surface area (Å²) in [6, 6.07) is 12.6. The van der Waals surface area contributed by atoms with Crippen molar-refractivity contribution < 1.29 is 14.3 Å². The lowest BCUT2D eigenvalue weighted by Crippen LogP contribution is -2.26. The van der Waals surface area contributed by atoms with Crippen LogP contribution in [0.2, 0.25) is 0 Å². The van der Waals surface area contributed by atoms with Crippen LogP contribution in [0.5, 0.6) is 0 Å². The van der Waals surface area contributed by atoms with Crippen molar-refractivity contribution in [2.24, 2.45) is 0 Å². The Bertz CT molecular complexity index is 798. The minimum Gasteiger partial charge on any atom is -0.464 e. The average Bonchev–Trinajstić information content (AvgIpc) is 2.63. The molecule has 1 heterocycles. The molecule has 0 radical (unpaired) electrons. The molecule has 0 bridgehead atoms. The normalized spacial score (nSPS) is 11.5. The molecule has 28 heavy (non-hydrogen) atoms. The van der Waals surface area contributed by atoms with E-state index in [0.29, 0.717) is 13.2 Å². The summed E-state index contributed by atoms with van der Waals surface area (Å²) in [5.74, 6) is -0.636. The zero-order valence-electron chi connectivity index (χ0n) is 16.9. The largest absolute Gasteiger partial charge is 0.464 e. The molecule has 0 aliphatic carbocycles. The molecule has 2 aromatic rings. The van der Waals surface area contributed by atoms with Gasteiger partial charge in [-0.1, -0.05) is 42.0 Å². The maximum atomic E-state index is 11.4. The highest BCUT2D eigenvalue weighted by atomic mass is 16.5. The van der Waals surface area contributed by atoms with Gasteiger partial charge in [-0.25, -0.2) is 0 Å². The predicted octanol–water partition coefficient (Wildman–Crippen LogP) is 3.53. The van der Waals surface area contributed by atoms with E-state index in [4.69, 9.17) is 4.74 Å². The van der Waals surface area contributed by atoms with E-state index in [2.05, 4.69) is 53.2 Å². The van der Waals surface area contributed by atoms with Crippen LogP contribution in [0.1, 0.15) is 37.0 Å². The third-order valence-electron chi connectivity index (χ3n) is 4.17. The third-order valence-corrected chi connectivity index (χ3v) is 4.17. The van der Waals surface area contributed by atoms with Crippen LogP contribution in [0, 0.1) is 0 Å². The van der Waals surface area contributed by atoms with Crippen molar-refractivity contribution in [1.29, 1.82) is 0 Å². The Morgan fingerprint density at radius 2 is 1.86 bits per heavy atom. The van der Waals surface area contributed by atoms with Gasteiger partial charge in [0.1, 0.15) is 18.8 Å². The number of hydrogen-bond acceptors (Lipinski definition) is 5. The topological polar surface area (TPSA) is 59.5 Å². The van der Waals surface area contributed by atoms with Gasteiger partial charge in [0.25, 0.3) is 0 Å². The summed E-state index contributed by atoms with van der Waals surface area (Å²) in [4.78, 5) is 28.5. The zero-order chi connectivity index (χ0) is 20.4. The minimum atomic E-state index is -0.459. The molecule has 0 aliphatic heterocycles. The molecule has 0 N–H and O–H groups in total. The average molecular weight is 380 g/mol. The van der Waals surface area contributed by atoms with E-state index in [9.17, 15) is 9.59 Å². The summed E-state index contributed by atoms with van der Waals surface area (Å²) in [6.07, 6.45) is 6.56. The van der Waals surface area contributed by atoms with Gasteiger partial charge >= 0.3 is 5.97 Å². The molecule has 0 unspecified atom stereocenters. The maximum absolute atomic E-state index is 11.4. The Morgan fingerprint density at radius 1 is 1.11 bits per heavy atom. The number of ketones is 1. The number of nitrogens with zero attached hydrogens (tertiary/aromatic N) is 2. The molecule has 0 fully saturated rings. The lowest BCUT2D eigenvalue weighted by atomic mass is 10.0. The number of rotatable bonds is 10. The summed E-state index contributed by atoms with van der Waals surface area (Å²) in [7, 11) is 1.98. The minimum absolute atomic E-state index is 0.153. The van der Waals surface area contributed by atoms with Crippen LogP contribution in [0.15, 0.2) is 54.4 Å². The molecule has 0 amide bonds. The fourth-order valence-corrected chi connectivity index (χ4v) is 2.87. The summed E-state index contributed by atoms with van der Waals surface area (Å²) in [5, 5.41) is 0. The first-order valence-corrected chi connectivity index (χ1v) is 9.41. The number of esters is 1. The number of ether oxygens (including phenoxy) is 1. The number of hydrogen-bond donors (Lipinski definition) is 0. The Kier molecular flexibility index (Phi) is 8.56. The van der Waals surface area contributed by atoms with Crippen LogP contribution in [0.4, 0.5) is 0 Å². The Balaban J connectivity index is 1.79. The molecule has 5 nitrogen and oxygen atoms in total. The fourth-order valence-electron chi connectivity index (χ4n) is 2.87. The number of aromatic nitrogens is 1. The van der Waals surface area contributed by atoms with Crippen LogP contribution in [-0.4, -0.2) is 48.4 Å². The van der Waals surface area contributed by atoms with Gasteiger partial charge in [-0.2, -0.15) is 0 Å². The molecule has 0 aliphatic rings. The maximum Gasteiger partial charge on any atom is 0.313 e. The summed E-state index contributed by atoms with van der Waals surface area (Å²) >= 11 is 0. The molecule has 148 valence electrons. The van der Waals surface area contributed by atoms with Gasteiger partial charge in [0.2, 0.25) is 0 Å². The van der Waals surface area contributed by atoms with Crippen LogP contribution in [-0.2, 0) is 20.7 Å². The molecular formula is C23H28N2O3. The van der Waals surface area contributed by atoms with Gasteiger partial charge in [0.05, 0.1) is 0 Å². The third kappa shape index (κ3) is 8.27. The van der Waals surface area contributed by atoms with Gasteiger partial charge in [0.15, 0.2) is 0 Å². The molecule has 0 atom stereocenters. The van der Waals surface area contributed by atoms with Crippen LogP contribution in [0.3, 0.4) is 0 Å². The molecule has 0 spiro atoms. The van der Waals surface area contributed by atoms with Crippen LogP contribution >= 0.6 is 0 Å². The molecule has 1 aromatic carbocycles. The quantitative estimate of drug-likeness (QED) is 0.466. The standard InChI is InChI=1S/C23H28N2O3/c1-18(17-25(3)11-12-28-23(27)14-19(2)26)13-20-6-8-21(9-7-20)15-22-5-4-10-24-16-22/h4-10,13,16H,11-12,14-15,17H2,1-3H3/b18-13+. The van der Waals surface area contributed by atoms with Gasteiger partial charge in [0, 0.05) is 25.5 Å². The van der Waals surface area contributed by atoms with E-state index in [0.717, 1.165) is 18.5 Å². The van der Waals surface area contributed by atoms with Crippen molar-refractivity contribution in [2.75, 3.05) is 26.7 Å². The van der Waals surface area contributed by atoms with E-state index in [1.54, 1.807) is 6.20 Å². The number of pyridine rings is 1. The molecule has 0 saturated heterocycles. The molecular weight excluding hydrogens is 352 g/mol. The van der Waals surface area contributed by atoms with Crippen LogP contribution in [0.25, 0.3) is 6.08 Å². The second-order valence-electron chi connectivity index (χ2n) is 7.11. The second-order valence-corrected chi connectivity index (χ2v) is 7.11. The summed E-state index contributed by atoms with van der Waals surface area (Å²) < 4.78 is 5.06. The monoisotopic (exact) mass is 380 g/mol. The van der Waals surface area contributed by atoms with Gasteiger partial charge in [-0.05, 0) is 50.1 Å². The van der Waals surface area contributed by atoms with E-state index >= 15 is 0 Å². The van der Waals surface area contributed by atoms with E-state index < -0.39 is 5.97 Å². The summed E-state index contributed by atoms with van der Waals surface area (Å²) in [5.41, 5.74) is 4.84. The van der Waals surface area contributed by atoms with Crippen molar-refractivity contribution >= 4 is 17.8 Å². The van der Waals surface area contributed by atoms with Crippen molar-refractivity contribution in [3.8, 4) is 0 Å². The first kappa shape index (κ1) is 21.5. The smallest absolute Gasteiger partial charge is 0.313 e. The first-order chi connectivity index (χ1) is 13.4. The molecule has 5 heteroatoms. The lowest BCUT2D eigenvalue weighted by molar-refractivity contribution is -0.145. The fraction of sp³-hybridized carbons (Fsp3) is 0.348. The number of benzene rings is 1. The first-order valence-electron chi connectivity index (χ1n) is 9.41. The Hall–Kier alpha value is -2.79. The van der Waals surface area contributed by atoms with E-state index in [1.165, 1.54) is 23.6 Å². The summed E-state index contributed by atoms with van der Waals surface area (Å²) in [6.45, 7) is 5.16. The molecule has 0 saturated carbocycles. The van der Waals surface area contributed by atoms with Crippen molar-refractivity contribution in [3.63, 3.8) is 0 Å². The van der Waals surface area contributed by atoms with Crippen LogP contribution < -0.4 is 0 Å². The number of Topliss-reactive ketones (excluding diaryl/α,β-unsaturated/α-hetero) is 1. The van der Waals surface area contributed by atoms with Gasteiger partial charge < -0.3 is 4.74 Å². The Labute approximate surface area is 167 Å². The molecule has 2 rings (SSSR count). The number of carbonyl (C=O) groups excluding carboxylic acids is 2. The Morgan fingerprint density at radius 3 is 2.50 bits per heavy atom. The number of carbonyl (C=O) groups is 2. The predicted molar refractivity (Wildman–Crippen MR) is 111 cm³/mol. The van der Waals surface area contributed by atoms with Gasteiger partial charge in [-0.15, -0.1) is 0 Å². The van der Waals surface area contributed by atoms with E-state index in [-0.39, 0.29) is 12.2 Å². The lowest BCUT2D eigenvalue weighted by Gasteiger charge is -2.17. The highest BCUT2D eigenvalue weighted by Gasteiger charge is 2.07. The zero-order valence-corrected chi connectivity index (χ0v) is 16.9. The number of likely N-dealkylation sites (N-methyl/N-ethyl adjacent to an activating group) is 1. The van der Waals surface area contributed by atoms with E-state index in [1.807, 2.05) is 19.3 Å². The van der Waals surface area contributed by atoms with Crippen molar-refractivity contribution in [3.05, 3.63) is 71.1 Å². The van der Waals surface area contributed by atoms with Crippen molar-refractivity contribution in [1.82, 2.24) is 9.88 Å².